The topological polar surface area (TPSA) is 143 Å². The van der Waals surface area contributed by atoms with Gasteiger partial charge in [0.25, 0.3) is 5.56 Å². The minimum absolute atomic E-state index is 0.0663. The van der Waals surface area contributed by atoms with E-state index in [9.17, 15) is 26.4 Å². The van der Waals surface area contributed by atoms with Gasteiger partial charge < -0.3 is 9.26 Å². The molecular weight excluding hydrogens is 529 g/mol. The molecule has 5 aromatic rings. The molecule has 0 aliphatic carbocycles. The van der Waals surface area contributed by atoms with Crippen LogP contribution in [0.5, 0.6) is 5.75 Å². The first-order chi connectivity index (χ1) is 18.1. The van der Waals surface area contributed by atoms with Gasteiger partial charge in [0, 0.05) is 6.20 Å². The van der Waals surface area contributed by atoms with Crippen molar-refractivity contribution in [2.45, 2.75) is 23.7 Å². The number of benzene rings is 2. The number of alkyl halides is 3. The zero-order chi connectivity index (χ0) is 26.9. The predicted octanol–water partition coefficient (Wildman–Crippen LogP) is 3.16. The van der Waals surface area contributed by atoms with Gasteiger partial charge in [0.1, 0.15) is 23.6 Å². The van der Waals surface area contributed by atoms with Crippen molar-refractivity contribution < 1.29 is 30.8 Å². The van der Waals surface area contributed by atoms with E-state index in [-0.39, 0.29) is 34.4 Å². The average Bonchev–Trinajstić information content (AvgIpc) is 3.31. The molecule has 0 atom stereocenters. The van der Waals surface area contributed by atoms with Crippen molar-refractivity contribution in [3.8, 4) is 16.9 Å². The van der Waals surface area contributed by atoms with E-state index in [1.54, 1.807) is 18.2 Å². The summed E-state index contributed by atoms with van der Waals surface area (Å²) in [5.41, 5.74) is 0.835. The lowest BCUT2D eigenvalue weighted by atomic mass is 10.0. The summed E-state index contributed by atoms with van der Waals surface area (Å²) in [4.78, 5) is 20.9. The van der Waals surface area contributed by atoms with E-state index in [2.05, 4.69) is 30.2 Å². The van der Waals surface area contributed by atoms with Gasteiger partial charge in [-0.1, -0.05) is 34.6 Å². The fraction of sp³-hybridized carbons (Fsp3) is 0.130. The summed E-state index contributed by atoms with van der Waals surface area (Å²) in [7, 11) is -3.81. The number of ether oxygens (including phenoxy) is 1. The van der Waals surface area contributed by atoms with E-state index in [0.717, 1.165) is 16.8 Å². The molecule has 0 aliphatic rings. The van der Waals surface area contributed by atoms with Gasteiger partial charge in [0.15, 0.2) is 10.9 Å². The second-order valence-corrected chi connectivity index (χ2v) is 9.82. The van der Waals surface area contributed by atoms with Crippen molar-refractivity contribution in [2.24, 2.45) is 0 Å². The van der Waals surface area contributed by atoms with Crippen LogP contribution in [0.1, 0.15) is 11.7 Å². The van der Waals surface area contributed by atoms with Gasteiger partial charge in [-0.3, -0.25) is 4.79 Å². The van der Waals surface area contributed by atoms with Crippen LogP contribution >= 0.6 is 0 Å². The van der Waals surface area contributed by atoms with Crippen LogP contribution in [0.2, 0.25) is 0 Å². The number of nitrogens with zero attached hydrogens (tertiary/aromatic N) is 6. The van der Waals surface area contributed by atoms with Gasteiger partial charge in [0.2, 0.25) is 15.7 Å². The first kappa shape index (κ1) is 25.0. The molecule has 0 N–H and O–H groups in total. The van der Waals surface area contributed by atoms with Gasteiger partial charge in [-0.05, 0) is 47.5 Å². The Kier molecular flexibility index (Phi) is 6.36. The number of fused-ring (bicyclic) bond motifs is 1. The minimum Gasteiger partial charge on any atom is -0.406 e. The van der Waals surface area contributed by atoms with Crippen molar-refractivity contribution in [1.82, 2.24) is 30.1 Å². The highest BCUT2D eigenvalue weighted by Gasteiger charge is 2.31. The van der Waals surface area contributed by atoms with E-state index in [4.69, 9.17) is 4.52 Å². The van der Waals surface area contributed by atoms with E-state index in [0.29, 0.717) is 16.6 Å². The third-order valence-electron chi connectivity index (χ3n) is 5.21. The molecule has 2 aromatic carbocycles. The molecule has 5 rings (SSSR count). The largest absolute Gasteiger partial charge is 0.573 e. The van der Waals surface area contributed by atoms with Gasteiger partial charge in [0.05, 0.1) is 5.39 Å². The minimum atomic E-state index is -4.80. The fourth-order valence-corrected chi connectivity index (χ4v) is 4.64. The third-order valence-corrected chi connectivity index (χ3v) is 6.73. The zero-order valence-corrected chi connectivity index (χ0v) is 19.8. The molecule has 0 saturated heterocycles. The summed E-state index contributed by atoms with van der Waals surface area (Å²) in [5.74, 6) is -1.11. The normalized spacial score (nSPS) is 12.1. The maximum atomic E-state index is 13.1. The highest BCUT2D eigenvalue weighted by atomic mass is 32.2. The second-order valence-electron chi connectivity index (χ2n) is 7.89. The van der Waals surface area contributed by atoms with Gasteiger partial charge in [-0.2, -0.15) is 4.98 Å². The standard InChI is InChI=1S/C23H15F3N6O5S/c24-23(25,26)36-16-7-4-14(5-8-16)15-6-9-18-17(11-15)22(33)32(31-29-18)12-20-28-19(30-37-20)13-38(34,35)21-3-1-2-10-27-21/h1-11H,12-13H2. The van der Waals surface area contributed by atoms with Crippen LogP contribution in [0.3, 0.4) is 0 Å². The molecule has 3 heterocycles. The van der Waals surface area contributed by atoms with E-state index >= 15 is 0 Å². The Morgan fingerprint density at radius 1 is 1.00 bits per heavy atom. The maximum Gasteiger partial charge on any atom is 0.573 e. The van der Waals surface area contributed by atoms with Crippen molar-refractivity contribution >= 4 is 20.7 Å². The van der Waals surface area contributed by atoms with Gasteiger partial charge in [-0.25, -0.2) is 18.1 Å². The van der Waals surface area contributed by atoms with Crippen LogP contribution in [0.4, 0.5) is 13.2 Å². The third kappa shape index (κ3) is 5.51. The first-order valence-corrected chi connectivity index (χ1v) is 12.4. The van der Waals surface area contributed by atoms with E-state index < -0.39 is 27.5 Å². The maximum absolute atomic E-state index is 13.1. The Morgan fingerprint density at radius 3 is 2.47 bits per heavy atom. The smallest absolute Gasteiger partial charge is 0.406 e. The second kappa shape index (κ2) is 9.66. The van der Waals surface area contributed by atoms with E-state index in [1.807, 2.05) is 0 Å². The molecular formula is C23H15F3N6O5S. The summed E-state index contributed by atoms with van der Waals surface area (Å²) in [6, 6.07) is 14.4. The SMILES string of the molecule is O=c1c2cc(-c3ccc(OC(F)(F)F)cc3)ccc2nnn1Cc1nc(CS(=O)(=O)c2ccccn2)no1. The summed E-state index contributed by atoms with van der Waals surface area (Å²) >= 11 is 0. The van der Waals surface area contributed by atoms with Crippen molar-refractivity contribution in [3.63, 3.8) is 0 Å². The highest BCUT2D eigenvalue weighted by molar-refractivity contribution is 7.90. The summed E-state index contributed by atoms with van der Waals surface area (Å²) in [5, 5.41) is 11.6. The Hall–Kier alpha value is -4.66. The van der Waals surface area contributed by atoms with Crippen LogP contribution in [0.25, 0.3) is 22.0 Å². The molecule has 3 aromatic heterocycles. The fourth-order valence-electron chi connectivity index (χ4n) is 3.52. The van der Waals surface area contributed by atoms with E-state index in [1.165, 1.54) is 36.5 Å². The quantitative estimate of drug-likeness (QED) is 0.300. The Morgan fingerprint density at radius 2 is 1.76 bits per heavy atom. The molecule has 0 unspecified atom stereocenters. The van der Waals surface area contributed by atoms with Gasteiger partial charge >= 0.3 is 6.36 Å². The molecule has 194 valence electrons. The number of hydrogen-bond acceptors (Lipinski definition) is 10. The molecule has 0 bridgehead atoms. The predicted molar refractivity (Wildman–Crippen MR) is 124 cm³/mol. The van der Waals surface area contributed by atoms with Crippen molar-refractivity contribution in [3.05, 3.63) is 88.9 Å². The Bertz CT molecular complexity index is 1770. The van der Waals surface area contributed by atoms with Crippen molar-refractivity contribution in [2.75, 3.05) is 0 Å². The lowest BCUT2D eigenvalue weighted by Crippen LogP contribution is -2.25. The molecule has 11 nitrogen and oxygen atoms in total. The molecule has 0 saturated carbocycles. The van der Waals surface area contributed by atoms with Crippen LogP contribution in [-0.2, 0) is 22.1 Å². The lowest BCUT2D eigenvalue weighted by Gasteiger charge is -2.09. The number of sulfone groups is 1. The van der Waals surface area contributed by atoms with Gasteiger partial charge in [-0.15, -0.1) is 18.3 Å². The van der Waals surface area contributed by atoms with Crippen LogP contribution < -0.4 is 10.3 Å². The number of halogens is 3. The molecule has 0 fully saturated rings. The van der Waals surface area contributed by atoms with Crippen LogP contribution in [-0.4, -0.2) is 44.9 Å². The summed E-state index contributed by atoms with van der Waals surface area (Å²) < 4.78 is 72.1. The van der Waals surface area contributed by atoms with Crippen molar-refractivity contribution in [1.29, 1.82) is 0 Å². The molecule has 0 aliphatic heterocycles. The molecule has 15 heteroatoms. The number of aromatic nitrogens is 6. The highest BCUT2D eigenvalue weighted by Crippen LogP contribution is 2.27. The first-order valence-electron chi connectivity index (χ1n) is 10.8. The number of rotatable bonds is 7. The molecule has 0 amide bonds. The Balaban J connectivity index is 1.37. The van der Waals surface area contributed by atoms with Crippen LogP contribution in [0.15, 0.2) is 81.2 Å². The van der Waals surface area contributed by atoms with Crippen LogP contribution in [0, 0.1) is 0 Å². The monoisotopic (exact) mass is 544 g/mol. The molecule has 38 heavy (non-hydrogen) atoms. The summed E-state index contributed by atoms with van der Waals surface area (Å²) in [6.45, 7) is -0.272. The Labute approximate surface area is 211 Å². The molecule has 0 radical (unpaired) electrons. The summed E-state index contributed by atoms with van der Waals surface area (Å²) in [6.07, 6.45) is -3.46. The number of pyridine rings is 1. The average molecular weight is 544 g/mol. The lowest BCUT2D eigenvalue weighted by molar-refractivity contribution is -0.274. The zero-order valence-electron chi connectivity index (χ0n) is 19.0. The molecule has 0 spiro atoms. The number of hydrogen-bond donors (Lipinski definition) is 0.